The second-order valence-corrected chi connectivity index (χ2v) is 5.55. The fourth-order valence-corrected chi connectivity index (χ4v) is 2.61. The number of nitrogens with zero attached hydrogens (tertiary/aromatic N) is 5. The summed E-state index contributed by atoms with van der Waals surface area (Å²) in [7, 11) is 2.07. The summed E-state index contributed by atoms with van der Waals surface area (Å²) in [4.78, 5) is 6.76. The molecule has 6 heteroatoms. The molecular weight excluding hydrogens is 276 g/mol. The molecule has 0 aliphatic rings. The summed E-state index contributed by atoms with van der Waals surface area (Å²) in [5, 5.41) is 11.9. The highest BCUT2D eigenvalue weighted by molar-refractivity contribution is 5.50. The van der Waals surface area contributed by atoms with Gasteiger partial charge in [0.25, 0.3) is 0 Å². The molecule has 3 rings (SSSR count). The average Bonchev–Trinajstić information content (AvgIpc) is 3.15. The summed E-state index contributed by atoms with van der Waals surface area (Å²) in [5.41, 5.74) is 4.20. The largest absolute Gasteiger partial charge is 0.354 e. The molecule has 0 aliphatic heterocycles. The van der Waals surface area contributed by atoms with Crippen LogP contribution in [-0.2, 0) is 19.4 Å². The summed E-state index contributed by atoms with van der Waals surface area (Å²) in [5.74, 6) is 1.04. The van der Waals surface area contributed by atoms with Gasteiger partial charge in [0.15, 0.2) is 5.65 Å². The number of aromatic amines is 1. The molecule has 6 nitrogen and oxygen atoms in total. The van der Waals surface area contributed by atoms with Crippen LogP contribution in [0.5, 0.6) is 0 Å². The molecule has 0 aromatic carbocycles. The second-order valence-electron chi connectivity index (χ2n) is 5.55. The number of nitrogens with one attached hydrogen (secondary N) is 1. The minimum atomic E-state index is 0.763. The number of hydrogen-bond acceptors (Lipinski definition) is 4. The maximum absolute atomic E-state index is 4.59. The molecule has 0 fully saturated rings. The van der Waals surface area contributed by atoms with Crippen molar-refractivity contribution < 1.29 is 0 Å². The standard InChI is InChI=1S/C16H22N6/c1-4-6-13-9-14(20-19-13)11-21(3)16-10-12(5-2)18-15-7-8-17-22(15)16/h7-10H,4-6,11H2,1-3H3,(H,19,20). The van der Waals surface area contributed by atoms with Crippen LogP contribution in [0.2, 0.25) is 0 Å². The van der Waals surface area contributed by atoms with Crippen molar-refractivity contribution in [3.05, 3.63) is 41.5 Å². The Morgan fingerprint density at radius 1 is 1.23 bits per heavy atom. The normalized spacial score (nSPS) is 11.2. The van der Waals surface area contributed by atoms with Crippen molar-refractivity contribution in [2.24, 2.45) is 0 Å². The number of aromatic nitrogens is 5. The number of rotatable bonds is 6. The van der Waals surface area contributed by atoms with E-state index >= 15 is 0 Å². The zero-order valence-electron chi connectivity index (χ0n) is 13.4. The maximum Gasteiger partial charge on any atom is 0.157 e. The van der Waals surface area contributed by atoms with E-state index in [0.29, 0.717) is 0 Å². The van der Waals surface area contributed by atoms with E-state index in [1.165, 1.54) is 0 Å². The summed E-state index contributed by atoms with van der Waals surface area (Å²) >= 11 is 0. The van der Waals surface area contributed by atoms with Crippen molar-refractivity contribution in [1.82, 2.24) is 24.8 Å². The van der Waals surface area contributed by atoms with Crippen LogP contribution >= 0.6 is 0 Å². The maximum atomic E-state index is 4.59. The first-order valence-electron chi connectivity index (χ1n) is 7.79. The van der Waals surface area contributed by atoms with E-state index in [2.05, 4.69) is 58.2 Å². The zero-order valence-corrected chi connectivity index (χ0v) is 13.4. The van der Waals surface area contributed by atoms with Gasteiger partial charge in [-0.3, -0.25) is 5.10 Å². The van der Waals surface area contributed by atoms with Gasteiger partial charge in [0.1, 0.15) is 5.82 Å². The number of H-pyrrole nitrogens is 1. The molecule has 1 N–H and O–H groups in total. The molecule has 0 unspecified atom stereocenters. The minimum Gasteiger partial charge on any atom is -0.354 e. The Hall–Kier alpha value is -2.37. The van der Waals surface area contributed by atoms with Gasteiger partial charge in [-0.15, -0.1) is 0 Å². The van der Waals surface area contributed by atoms with Crippen LogP contribution in [0.1, 0.15) is 37.4 Å². The number of hydrogen-bond donors (Lipinski definition) is 1. The third-order valence-electron chi connectivity index (χ3n) is 3.74. The Labute approximate surface area is 130 Å². The van der Waals surface area contributed by atoms with E-state index in [1.54, 1.807) is 6.20 Å². The zero-order chi connectivity index (χ0) is 15.5. The summed E-state index contributed by atoms with van der Waals surface area (Å²) < 4.78 is 1.88. The lowest BCUT2D eigenvalue weighted by Crippen LogP contribution is -2.20. The molecule has 0 radical (unpaired) electrons. The van der Waals surface area contributed by atoms with E-state index in [0.717, 1.165) is 54.4 Å². The Morgan fingerprint density at radius 3 is 2.86 bits per heavy atom. The van der Waals surface area contributed by atoms with Crippen molar-refractivity contribution in [2.75, 3.05) is 11.9 Å². The van der Waals surface area contributed by atoms with Crippen LogP contribution in [0.3, 0.4) is 0 Å². The smallest absolute Gasteiger partial charge is 0.157 e. The predicted molar refractivity (Wildman–Crippen MR) is 87.1 cm³/mol. The lowest BCUT2D eigenvalue weighted by molar-refractivity contribution is 0.801. The van der Waals surface area contributed by atoms with E-state index in [-0.39, 0.29) is 0 Å². The van der Waals surface area contributed by atoms with Crippen molar-refractivity contribution in [1.29, 1.82) is 0 Å². The van der Waals surface area contributed by atoms with Crippen molar-refractivity contribution in [3.8, 4) is 0 Å². The Balaban J connectivity index is 1.87. The van der Waals surface area contributed by atoms with Crippen molar-refractivity contribution in [2.45, 2.75) is 39.7 Å². The van der Waals surface area contributed by atoms with Crippen LogP contribution in [-0.4, -0.2) is 31.8 Å². The molecule has 0 bridgehead atoms. The van der Waals surface area contributed by atoms with E-state index in [1.807, 2.05) is 10.6 Å². The fourth-order valence-electron chi connectivity index (χ4n) is 2.61. The van der Waals surface area contributed by atoms with Gasteiger partial charge in [0, 0.05) is 24.9 Å². The minimum absolute atomic E-state index is 0.763. The molecular formula is C16H22N6. The van der Waals surface area contributed by atoms with Crippen molar-refractivity contribution >= 4 is 11.5 Å². The topological polar surface area (TPSA) is 62.1 Å². The van der Waals surface area contributed by atoms with E-state index in [4.69, 9.17) is 0 Å². The monoisotopic (exact) mass is 298 g/mol. The number of anilines is 1. The first-order chi connectivity index (χ1) is 10.7. The number of aryl methyl sites for hydroxylation is 2. The molecule has 0 aliphatic carbocycles. The van der Waals surface area contributed by atoms with Gasteiger partial charge in [-0.2, -0.15) is 14.7 Å². The summed E-state index contributed by atoms with van der Waals surface area (Å²) in [6.45, 7) is 5.04. The van der Waals surface area contributed by atoms with E-state index in [9.17, 15) is 0 Å². The quantitative estimate of drug-likeness (QED) is 0.760. The lowest BCUT2D eigenvalue weighted by Gasteiger charge is -2.19. The molecule has 0 amide bonds. The molecule has 0 saturated heterocycles. The first-order valence-corrected chi connectivity index (χ1v) is 7.79. The molecule has 0 atom stereocenters. The average molecular weight is 298 g/mol. The van der Waals surface area contributed by atoms with Crippen LogP contribution in [0.4, 0.5) is 5.82 Å². The van der Waals surface area contributed by atoms with Gasteiger partial charge in [-0.1, -0.05) is 20.3 Å². The molecule has 0 spiro atoms. The highest BCUT2D eigenvalue weighted by Crippen LogP contribution is 2.18. The fraction of sp³-hybridized carbons (Fsp3) is 0.438. The number of fused-ring (bicyclic) bond motifs is 1. The molecule has 116 valence electrons. The van der Waals surface area contributed by atoms with Crippen LogP contribution in [0.25, 0.3) is 5.65 Å². The molecule has 22 heavy (non-hydrogen) atoms. The summed E-state index contributed by atoms with van der Waals surface area (Å²) in [6, 6.07) is 6.18. The van der Waals surface area contributed by atoms with Crippen LogP contribution in [0, 0.1) is 0 Å². The Morgan fingerprint density at radius 2 is 2.09 bits per heavy atom. The SMILES string of the molecule is CCCc1cc(CN(C)c2cc(CC)nc3ccnn23)[nH]n1. The molecule has 3 aromatic rings. The molecule has 3 aromatic heterocycles. The van der Waals surface area contributed by atoms with Gasteiger partial charge in [0.2, 0.25) is 0 Å². The molecule has 3 heterocycles. The third-order valence-corrected chi connectivity index (χ3v) is 3.74. The molecule has 0 saturated carbocycles. The predicted octanol–water partition coefficient (Wildman–Crippen LogP) is 2.60. The first kappa shape index (κ1) is 14.6. The van der Waals surface area contributed by atoms with Gasteiger partial charge >= 0.3 is 0 Å². The van der Waals surface area contributed by atoms with Crippen molar-refractivity contribution in [3.63, 3.8) is 0 Å². The highest BCUT2D eigenvalue weighted by atomic mass is 15.3. The second kappa shape index (κ2) is 6.17. The highest BCUT2D eigenvalue weighted by Gasteiger charge is 2.11. The van der Waals surface area contributed by atoms with E-state index < -0.39 is 0 Å². The van der Waals surface area contributed by atoms with Gasteiger partial charge < -0.3 is 4.90 Å². The Kier molecular flexibility index (Phi) is 4.09. The Bertz CT molecular complexity index is 757. The van der Waals surface area contributed by atoms with Crippen LogP contribution < -0.4 is 4.90 Å². The van der Waals surface area contributed by atoms with Gasteiger partial charge in [-0.05, 0) is 18.9 Å². The van der Waals surface area contributed by atoms with Gasteiger partial charge in [-0.25, -0.2) is 4.98 Å². The summed E-state index contributed by atoms with van der Waals surface area (Å²) in [6.07, 6.45) is 4.82. The lowest BCUT2D eigenvalue weighted by atomic mass is 10.2. The van der Waals surface area contributed by atoms with Crippen LogP contribution in [0.15, 0.2) is 24.4 Å². The third kappa shape index (κ3) is 2.81. The van der Waals surface area contributed by atoms with Gasteiger partial charge in [0.05, 0.1) is 24.1 Å².